The summed E-state index contributed by atoms with van der Waals surface area (Å²) in [6.07, 6.45) is 4.83. The van der Waals surface area contributed by atoms with E-state index in [4.69, 9.17) is 0 Å². The average molecular weight is 311 g/mol. The molecule has 0 saturated carbocycles. The molecule has 3 aromatic heterocycles. The van der Waals surface area contributed by atoms with E-state index in [0.717, 1.165) is 0 Å². The fraction of sp³-hybridized carbons (Fsp3) is 0.267. The van der Waals surface area contributed by atoms with Crippen LogP contribution in [0.3, 0.4) is 0 Å². The number of nitrogens with one attached hydrogen (secondary N) is 1. The van der Waals surface area contributed by atoms with Gasteiger partial charge in [-0.3, -0.25) is 9.48 Å². The molecule has 8 heteroatoms. The van der Waals surface area contributed by atoms with Gasteiger partial charge in [0.05, 0.1) is 11.8 Å². The molecular formula is C15H17N7O. The van der Waals surface area contributed by atoms with E-state index >= 15 is 0 Å². The second-order valence-electron chi connectivity index (χ2n) is 5.42. The summed E-state index contributed by atoms with van der Waals surface area (Å²) >= 11 is 0. The predicted molar refractivity (Wildman–Crippen MR) is 84.8 cm³/mol. The lowest BCUT2D eigenvalue weighted by Gasteiger charge is -2.10. The highest BCUT2D eigenvalue weighted by Gasteiger charge is 2.13. The molecule has 3 heterocycles. The van der Waals surface area contributed by atoms with Gasteiger partial charge in [0.25, 0.3) is 5.91 Å². The lowest BCUT2D eigenvalue weighted by molar-refractivity contribution is 0.102. The van der Waals surface area contributed by atoms with E-state index in [0.29, 0.717) is 22.9 Å². The summed E-state index contributed by atoms with van der Waals surface area (Å²) < 4.78 is 3.50. The molecule has 8 nitrogen and oxygen atoms in total. The summed E-state index contributed by atoms with van der Waals surface area (Å²) in [6.45, 7) is 4.09. The van der Waals surface area contributed by atoms with Crippen LogP contribution in [-0.4, -0.2) is 35.4 Å². The topological polar surface area (TPSA) is 90.5 Å². The van der Waals surface area contributed by atoms with Gasteiger partial charge in [0.15, 0.2) is 5.82 Å². The smallest absolute Gasteiger partial charge is 0.260 e. The molecule has 23 heavy (non-hydrogen) atoms. The Morgan fingerprint density at radius 1 is 1.30 bits per heavy atom. The normalized spacial score (nSPS) is 11.0. The van der Waals surface area contributed by atoms with E-state index < -0.39 is 0 Å². The van der Waals surface area contributed by atoms with E-state index in [9.17, 15) is 4.79 Å². The largest absolute Gasteiger partial charge is 0.310 e. The Kier molecular flexibility index (Phi) is 3.88. The first-order valence-electron chi connectivity index (χ1n) is 7.21. The van der Waals surface area contributed by atoms with Gasteiger partial charge in [0.1, 0.15) is 17.8 Å². The van der Waals surface area contributed by atoms with Gasteiger partial charge in [-0.1, -0.05) is 6.07 Å². The quantitative estimate of drug-likeness (QED) is 0.794. The zero-order chi connectivity index (χ0) is 16.4. The maximum atomic E-state index is 12.2. The maximum absolute atomic E-state index is 12.2. The zero-order valence-corrected chi connectivity index (χ0v) is 13.1. The predicted octanol–water partition coefficient (Wildman–Crippen LogP) is 1.91. The van der Waals surface area contributed by atoms with Gasteiger partial charge >= 0.3 is 0 Å². The molecule has 3 rings (SSSR count). The van der Waals surface area contributed by atoms with Gasteiger partial charge in [-0.15, -0.1) is 10.2 Å². The molecule has 0 aromatic carbocycles. The standard InChI is InChI=1S/C15H17N7O/c1-10(2)22-9-16-20-14(22)12-5-4-6-13(18-12)19-15(23)11-7-17-21(3)8-11/h4-10H,1-3H3,(H,18,19,23). The second kappa shape index (κ2) is 5.99. The minimum atomic E-state index is -0.256. The number of amides is 1. The van der Waals surface area contributed by atoms with Gasteiger partial charge in [-0.25, -0.2) is 4.98 Å². The van der Waals surface area contributed by atoms with Crippen LogP contribution in [0.15, 0.2) is 36.9 Å². The van der Waals surface area contributed by atoms with Gasteiger partial charge in [-0.2, -0.15) is 5.10 Å². The highest BCUT2D eigenvalue weighted by Crippen LogP contribution is 2.19. The van der Waals surface area contributed by atoms with Gasteiger partial charge in [0, 0.05) is 19.3 Å². The van der Waals surface area contributed by atoms with E-state index in [1.54, 1.807) is 30.3 Å². The number of carbonyl (C=O) groups excluding carboxylic acids is 1. The summed E-state index contributed by atoms with van der Waals surface area (Å²) in [5, 5.41) is 14.8. The van der Waals surface area contributed by atoms with Crippen molar-refractivity contribution in [1.82, 2.24) is 29.5 Å². The van der Waals surface area contributed by atoms with Crippen LogP contribution < -0.4 is 5.32 Å². The number of anilines is 1. The molecule has 1 N–H and O–H groups in total. The first-order valence-corrected chi connectivity index (χ1v) is 7.21. The van der Waals surface area contributed by atoms with Gasteiger partial charge in [-0.05, 0) is 26.0 Å². The van der Waals surface area contributed by atoms with Crippen LogP contribution in [0.4, 0.5) is 5.82 Å². The van der Waals surface area contributed by atoms with E-state index in [-0.39, 0.29) is 11.9 Å². The molecule has 0 spiro atoms. The third-order valence-corrected chi connectivity index (χ3v) is 3.32. The van der Waals surface area contributed by atoms with Crippen LogP contribution in [0.5, 0.6) is 0 Å². The van der Waals surface area contributed by atoms with Crippen molar-refractivity contribution in [3.05, 3.63) is 42.5 Å². The van der Waals surface area contributed by atoms with Gasteiger partial charge in [0.2, 0.25) is 0 Å². The number of hydrogen-bond acceptors (Lipinski definition) is 5. The van der Waals surface area contributed by atoms with Crippen molar-refractivity contribution in [2.45, 2.75) is 19.9 Å². The molecular weight excluding hydrogens is 294 g/mol. The van der Waals surface area contributed by atoms with Crippen molar-refractivity contribution in [1.29, 1.82) is 0 Å². The monoisotopic (exact) mass is 311 g/mol. The van der Waals surface area contributed by atoms with Crippen LogP contribution in [0.2, 0.25) is 0 Å². The molecule has 0 radical (unpaired) electrons. The SMILES string of the molecule is CC(C)n1cnnc1-c1cccc(NC(=O)c2cnn(C)c2)n1. The van der Waals surface area contributed by atoms with Crippen LogP contribution in [0.25, 0.3) is 11.5 Å². The summed E-state index contributed by atoms with van der Waals surface area (Å²) in [4.78, 5) is 16.6. The molecule has 0 aliphatic heterocycles. The summed E-state index contributed by atoms with van der Waals surface area (Å²) in [5.74, 6) is 0.861. The molecule has 1 amide bonds. The van der Waals surface area contributed by atoms with Crippen molar-refractivity contribution >= 4 is 11.7 Å². The molecule has 0 unspecified atom stereocenters. The van der Waals surface area contributed by atoms with Crippen molar-refractivity contribution < 1.29 is 4.79 Å². The van der Waals surface area contributed by atoms with Gasteiger partial charge < -0.3 is 9.88 Å². The Bertz CT molecular complexity index is 834. The van der Waals surface area contributed by atoms with E-state index in [1.807, 2.05) is 30.5 Å². The molecule has 0 saturated heterocycles. The summed E-state index contributed by atoms with van der Waals surface area (Å²) in [6, 6.07) is 5.60. The van der Waals surface area contributed by atoms with E-state index in [1.165, 1.54) is 6.20 Å². The third kappa shape index (κ3) is 3.10. The number of carbonyl (C=O) groups is 1. The molecule has 3 aromatic rings. The van der Waals surface area contributed by atoms with Crippen molar-refractivity contribution in [3.8, 4) is 11.5 Å². The molecule has 0 fully saturated rings. The highest BCUT2D eigenvalue weighted by molar-refractivity contribution is 6.03. The average Bonchev–Trinajstić information content (AvgIpc) is 3.16. The first kappa shape index (κ1) is 14.9. The fourth-order valence-electron chi connectivity index (χ4n) is 2.16. The molecule has 0 aliphatic rings. The first-order chi connectivity index (χ1) is 11.0. The van der Waals surface area contributed by atoms with Crippen LogP contribution in [0.1, 0.15) is 30.2 Å². The number of hydrogen-bond donors (Lipinski definition) is 1. The van der Waals surface area contributed by atoms with E-state index in [2.05, 4.69) is 25.6 Å². The summed E-state index contributed by atoms with van der Waals surface area (Å²) in [7, 11) is 1.76. The number of rotatable bonds is 4. The lowest BCUT2D eigenvalue weighted by atomic mass is 10.3. The minimum absolute atomic E-state index is 0.218. The maximum Gasteiger partial charge on any atom is 0.260 e. The Labute approximate surface area is 133 Å². The van der Waals surface area contributed by atoms with Crippen LogP contribution >= 0.6 is 0 Å². The highest BCUT2D eigenvalue weighted by atomic mass is 16.1. The number of aryl methyl sites for hydroxylation is 1. The zero-order valence-electron chi connectivity index (χ0n) is 13.1. The van der Waals surface area contributed by atoms with Crippen LogP contribution in [0, 0.1) is 0 Å². The van der Waals surface area contributed by atoms with Crippen molar-refractivity contribution in [2.24, 2.45) is 7.05 Å². The molecule has 0 aliphatic carbocycles. The van der Waals surface area contributed by atoms with Crippen molar-refractivity contribution in [2.75, 3.05) is 5.32 Å². The molecule has 0 atom stereocenters. The Morgan fingerprint density at radius 2 is 2.13 bits per heavy atom. The minimum Gasteiger partial charge on any atom is -0.310 e. The Balaban J connectivity index is 1.85. The Morgan fingerprint density at radius 3 is 2.83 bits per heavy atom. The van der Waals surface area contributed by atoms with Crippen LogP contribution in [-0.2, 0) is 7.05 Å². The number of pyridine rings is 1. The molecule has 0 bridgehead atoms. The number of nitrogens with zero attached hydrogens (tertiary/aromatic N) is 6. The molecule has 118 valence electrons. The number of aromatic nitrogens is 6. The lowest BCUT2D eigenvalue weighted by Crippen LogP contribution is -2.12. The second-order valence-corrected chi connectivity index (χ2v) is 5.42. The Hall–Kier alpha value is -3.03. The van der Waals surface area contributed by atoms with Crippen molar-refractivity contribution in [3.63, 3.8) is 0 Å². The summed E-state index contributed by atoms with van der Waals surface area (Å²) in [5.41, 5.74) is 1.13. The fourth-order valence-corrected chi connectivity index (χ4v) is 2.16. The third-order valence-electron chi connectivity index (χ3n) is 3.32.